The van der Waals surface area contributed by atoms with Crippen molar-refractivity contribution < 1.29 is 4.79 Å². The second kappa shape index (κ2) is 6.02. The van der Waals surface area contributed by atoms with Crippen molar-refractivity contribution >= 4 is 11.6 Å². The lowest BCUT2D eigenvalue weighted by Gasteiger charge is -2.37. The molecule has 0 saturated carbocycles. The molecule has 6 heteroatoms. The van der Waals surface area contributed by atoms with Crippen LogP contribution in [0.1, 0.15) is 36.8 Å². The number of fused-ring (bicyclic) bond motifs is 1. The lowest BCUT2D eigenvalue weighted by molar-refractivity contribution is 0.0971. The minimum absolute atomic E-state index is 0.0931. The van der Waals surface area contributed by atoms with Crippen molar-refractivity contribution in [3.63, 3.8) is 0 Å². The van der Waals surface area contributed by atoms with Crippen LogP contribution in [0.2, 0.25) is 0 Å². The van der Waals surface area contributed by atoms with Crippen molar-refractivity contribution in [1.29, 1.82) is 0 Å². The Kier molecular flexibility index (Phi) is 4.17. The van der Waals surface area contributed by atoms with Gasteiger partial charge in [0.05, 0.1) is 11.7 Å². The van der Waals surface area contributed by atoms with Crippen LogP contribution >= 0.6 is 0 Å². The molecule has 0 saturated heterocycles. The fourth-order valence-electron chi connectivity index (χ4n) is 2.94. The van der Waals surface area contributed by atoms with Crippen LogP contribution < -0.4 is 4.90 Å². The Balaban J connectivity index is 1.95. The zero-order valence-electron chi connectivity index (χ0n) is 15.0. The van der Waals surface area contributed by atoms with Crippen molar-refractivity contribution in [2.45, 2.75) is 38.8 Å². The van der Waals surface area contributed by atoms with Gasteiger partial charge in [0.15, 0.2) is 5.69 Å². The summed E-state index contributed by atoms with van der Waals surface area (Å²) in [5.41, 5.74) is 2.36. The number of hydrogen-bond donors (Lipinski definition) is 0. The summed E-state index contributed by atoms with van der Waals surface area (Å²) in [6.45, 7) is 6.77. The Morgan fingerprint density at radius 3 is 2.58 bits per heavy atom. The number of amides is 1. The van der Waals surface area contributed by atoms with Crippen molar-refractivity contribution in [3.8, 4) is 0 Å². The van der Waals surface area contributed by atoms with Crippen LogP contribution in [0.25, 0.3) is 0 Å². The number of carbonyl (C=O) groups excluding carboxylic acids is 1. The van der Waals surface area contributed by atoms with Gasteiger partial charge in [-0.25, -0.2) is 4.68 Å². The van der Waals surface area contributed by atoms with Gasteiger partial charge < -0.3 is 9.80 Å². The van der Waals surface area contributed by atoms with E-state index in [1.807, 2.05) is 43.9 Å². The summed E-state index contributed by atoms with van der Waals surface area (Å²) in [6.07, 6.45) is 2.69. The molecule has 0 spiro atoms. The minimum atomic E-state index is -0.197. The van der Waals surface area contributed by atoms with E-state index in [0.29, 0.717) is 18.3 Å². The number of aromatic nitrogens is 3. The van der Waals surface area contributed by atoms with Gasteiger partial charge in [0.1, 0.15) is 0 Å². The molecule has 6 nitrogen and oxygen atoms in total. The molecule has 24 heavy (non-hydrogen) atoms. The Hall–Kier alpha value is -2.21. The van der Waals surface area contributed by atoms with Gasteiger partial charge in [0, 0.05) is 18.3 Å². The van der Waals surface area contributed by atoms with E-state index in [1.54, 1.807) is 10.9 Å². The number of rotatable bonds is 2. The van der Waals surface area contributed by atoms with Crippen molar-refractivity contribution in [2.24, 2.45) is 0 Å². The Morgan fingerprint density at radius 1 is 1.25 bits per heavy atom. The molecule has 0 N–H and O–H groups in total. The van der Waals surface area contributed by atoms with E-state index in [9.17, 15) is 4.79 Å². The third-order valence-electron chi connectivity index (χ3n) is 4.51. The third-order valence-corrected chi connectivity index (χ3v) is 4.51. The van der Waals surface area contributed by atoms with E-state index < -0.39 is 0 Å². The molecule has 1 aliphatic rings. The van der Waals surface area contributed by atoms with Crippen molar-refractivity contribution in [1.82, 2.24) is 19.9 Å². The van der Waals surface area contributed by atoms with E-state index in [4.69, 9.17) is 0 Å². The summed E-state index contributed by atoms with van der Waals surface area (Å²) < 4.78 is 1.74. The molecule has 0 fully saturated rings. The molecule has 1 atom stereocenters. The predicted octanol–water partition coefficient (Wildman–Crippen LogP) is 2.17. The number of benzene rings is 1. The first-order valence-electron chi connectivity index (χ1n) is 8.26. The smallest absolute Gasteiger partial charge is 0.280 e. The van der Waals surface area contributed by atoms with Crippen LogP contribution in [0.15, 0.2) is 30.5 Å². The van der Waals surface area contributed by atoms with Crippen LogP contribution in [0.4, 0.5) is 5.69 Å². The molecular weight excluding hydrogens is 302 g/mol. The highest BCUT2D eigenvalue weighted by Gasteiger charge is 2.31. The van der Waals surface area contributed by atoms with Crippen LogP contribution in [-0.4, -0.2) is 52.5 Å². The fraction of sp³-hybridized carbons (Fsp3) is 0.500. The molecule has 128 valence electrons. The highest BCUT2D eigenvalue weighted by atomic mass is 16.2. The number of para-hydroxylation sites is 1. The zero-order valence-corrected chi connectivity index (χ0v) is 15.0. The molecule has 2 aromatic rings. The number of nitrogens with zero attached hydrogens (tertiary/aromatic N) is 5. The lowest BCUT2D eigenvalue weighted by Crippen LogP contribution is -2.48. The molecular formula is C18H25N5O. The number of likely N-dealkylation sites (N-methyl/N-ethyl adjacent to an activating group) is 1. The normalized spacial score (nSPS) is 17.9. The molecule has 1 aliphatic heterocycles. The Morgan fingerprint density at radius 2 is 1.96 bits per heavy atom. The molecule has 0 bridgehead atoms. The Bertz CT molecular complexity index is 744. The molecule has 1 unspecified atom stereocenters. The third kappa shape index (κ3) is 3.06. The summed E-state index contributed by atoms with van der Waals surface area (Å²) in [6, 6.07) is 8.39. The SMILES string of the molecule is CN(C)C1Cc2ccccc2N(C(=O)c2cn(C(C)(C)C)nn2)C1. The van der Waals surface area contributed by atoms with Crippen molar-refractivity contribution in [3.05, 3.63) is 41.7 Å². The zero-order chi connectivity index (χ0) is 17.5. The van der Waals surface area contributed by atoms with Crippen LogP contribution in [-0.2, 0) is 12.0 Å². The average molecular weight is 327 g/mol. The molecule has 1 aromatic carbocycles. The van der Waals surface area contributed by atoms with Gasteiger partial charge in [-0.3, -0.25) is 4.79 Å². The maximum absolute atomic E-state index is 13.1. The Labute approximate surface area is 143 Å². The largest absolute Gasteiger partial charge is 0.305 e. The summed E-state index contributed by atoms with van der Waals surface area (Å²) in [5, 5.41) is 8.23. The first-order valence-corrected chi connectivity index (χ1v) is 8.26. The molecule has 0 radical (unpaired) electrons. The number of carbonyl (C=O) groups is 1. The monoisotopic (exact) mass is 327 g/mol. The van der Waals surface area contributed by atoms with Gasteiger partial charge in [-0.2, -0.15) is 0 Å². The van der Waals surface area contributed by atoms with E-state index in [0.717, 1.165) is 12.1 Å². The van der Waals surface area contributed by atoms with E-state index >= 15 is 0 Å². The van der Waals surface area contributed by atoms with Gasteiger partial charge in [0.2, 0.25) is 0 Å². The maximum Gasteiger partial charge on any atom is 0.280 e. The quantitative estimate of drug-likeness (QED) is 0.848. The van der Waals surface area contributed by atoms with Crippen LogP contribution in [0.3, 0.4) is 0 Å². The summed E-state index contributed by atoms with van der Waals surface area (Å²) >= 11 is 0. The maximum atomic E-state index is 13.1. The summed E-state index contributed by atoms with van der Waals surface area (Å²) in [4.78, 5) is 17.1. The first-order chi connectivity index (χ1) is 11.3. The molecule has 3 rings (SSSR count). The highest BCUT2D eigenvalue weighted by Crippen LogP contribution is 2.29. The van der Waals surface area contributed by atoms with Gasteiger partial charge in [-0.15, -0.1) is 5.10 Å². The van der Waals surface area contributed by atoms with Gasteiger partial charge in [0.25, 0.3) is 5.91 Å². The average Bonchev–Trinajstić information content (AvgIpc) is 3.03. The molecule has 2 heterocycles. The van der Waals surface area contributed by atoms with Crippen LogP contribution in [0, 0.1) is 0 Å². The molecule has 1 aromatic heterocycles. The second-order valence-electron chi connectivity index (χ2n) is 7.59. The standard InChI is InChI=1S/C18H25N5O/c1-18(2,3)23-12-15(19-20-23)17(24)22-11-14(21(4)5)10-13-8-6-7-9-16(13)22/h6-9,12,14H,10-11H2,1-5H3. The topological polar surface area (TPSA) is 54.3 Å². The predicted molar refractivity (Wildman–Crippen MR) is 94.3 cm³/mol. The van der Waals surface area contributed by atoms with Gasteiger partial charge >= 0.3 is 0 Å². The van der Waals surface area contributed by atoms with Crippen molar-refractivity contribution in [2.75, 3.05) is 25.5 Å². The molecule has 0 aliphatic carbocycles. The van der Waals surface area contributed by atoms with Crippen LogP contribution in [0.5, 0.6) is 0 Å². The minimum Gasteiger partial charge on any atom is -0.305 e. The first kappa shape index (κ1) is 16.6. The summed E-state index contributed by atoms with van der Waals surface area (Å²) in [7, 11) is 4.11. The lowest BCUT2D eigenvalue weighted by atomic mass is 9.97. The van der Waals surface area contributed by atoms with E-state index in [2.05, 4.69) is 35.4 Å². The van der Waals surface area contributed by atoms with E-state index in [-0.39, 0.29) is 11.4 Å². The number of hydrogen-bond acceptors (Lipinski definition) is 4. The summed E-state index contributed by atoms with van der Waals surface area (Å²) in [5.74, 6) is -0.0931. The van der Waals surface area contributed by atoms with E-state index in [1.165, 1.54) is 5.56 Å². The fourth-order valence-corrected chi connectivity index (χ4v) is 2.94. The second-order valence-corrected chi connectivity index (χ2v) is 7.59. The van der Waals surface area contributed by atoms with Gasteiger partial charge in [-0.1, -0.05) is 23.4 Å². The number of anilines is 1. The highest BCUT2D eigenvalue weighted by molar-refractivity contribution is 6.05. The van der Waals surface area contributed by atoms with Gasteiger partial charge in [-0.05, 0) is 52.9 Å². The molecule has 1 amide bonds.